The maximum Gasteiger partial charge on any atom is 0.460 e. The highest BCUT2D eigenvalue weighted by Crippen LogP contribution is 2.78. The maximum atomic E-state index is 12.7. The number of benzene rings is 6. The number of amides is 1. The molecule has 6 aromatic carbocycles. The van der Waals surface area contributed by atoms with E-state index in [4.69, 9.17) is 40.7 Å². The molecular weight excluding hydrogens is 1020 g/mol. The molecule has 21 heteroatoms. The fourth-order valence-corrected chi connectivity index (χ4v) is 19.1. The van der Waals surface area contributed by atoms with Crippen molar-refractivity contribution in [1.82, 2.24) is 5.32 Å². The van der Waals surface area contributed by atoms with Gasteiger partial charge in [0.1, 0.15) is 65.9 Å². The van der Waals surface area contributed by atoms with Crippen LogP contribution >= 0.6 is 44.6 Å². The van der Waals surface area contributed by atoms with E-state index in [0.717, 1.165) is 24.8 Å². The molecule has 0 aliphatic carbocycles. The van der Waals surface area contributed by atoms with Crippen molar-refractivity contribution < 1.29 is 55.9 Å². The number of carbonyl (C=O) groups is 6. The second-order valence-electron chi connectivity index (χ2n) is 16.0. The Morgan fingerprint density at radius 1 is 0.486 bits per heavy atom. The summed E-state index contributed by atoms with van der Waals surface area (Å²) in [5, 5.41) is 3.71. The van der Waals surface area contributed by atoms with E-state index < -0.39 is 23.0 Å². The van der Waals surface area contributed by atoms with E-state index in [-0.39, 0.29) is 40.4 Å². The first-order valence-corrected chi connectivity index (χ1v) is 29.6. The van der Waals surface area contributed by atoms with Gasteiger partial charge in [0.05, 0.1) is 0 Å². The van der Waals surface area contributed by atoms with E-state index in [1.54, 1.807) is 12.1 Å². The smallest absolute Gasteiger partial charge is 0.413 e. The molecule has 2 unspecified atom stereocenters. The minimum Gasteiger partial charge on any atom is -0.413 e. The summed E-state index contributed by atoms with van der Waals surface area (Å²) in [4.78, 5) is 71.6. The van der Waals surface area contributed by atoms with Crippen LogP contribution in [0, 0.1) is 0 Å². The number of carbonyl (C=O) groups excluding carboxylic acids is 6. The molecule has 0 aromatic heterocycles. The third-order valence-electron chi connectivity index (χ3n) is 10.7. The number of hydrogen-bond acceptors (Lipinski definition) is 17. The zero-order valence-corrected chi connectivity index (χ0v) is 42.7. The van der Waals surface area contributed by atoms with Crippen molar-refractivity contribution >= 4 is 81.9 Å². The zero-order valence-electron chi connectivity index (χ0n) is 38.4. The van der Waals surface area contributed by atoms with E-state index in [0.29, 0.717) is 83.9 Å². The molecule has 2 atom stereocenters. The Kier molecular flexibility index (Phi) is 17.7. The number of rotatable bonds is 25. The van der Waals surface area contributed by atoms with Crippen LogP contribution in [0.5, 0.6) is 34.5 Å². The first kappa shape index (κ1) is 51.7. The van der Waals surface area contributed by atoms with Crippen molar-refractivity contribution in [3.63, 3.8) is 0 Å². The average molecular weight is 1070 g/mol. The number of nitrogens with zero attached hydrogens (tertiary/aromatic N) is 3. The fourth-order valence-electron chi connectivity index (χ4n) is 6.99. The van der Waals surface area contributed by atoms with Gasteiger partial charge >= 0.3 is 23.0 Å². The molecule has 0 radical (unpaired) electrons. The van der Waals surface area contributed by atoms with Gasteiger partial charge in [0.2, 0.25) is 5.91 Å². The molecule has 1 fully saturated rings. The lowest BCUT2D eigenvalue weighted by Gasteiger charge is -2.33. The van der Waals surface area contributed by atoms with Gasteiger partial charge in [-0.25, -0.2) is 0 Å². The van der Waals surface area contributed by atoms with Crippen LogP contribution in [0.1, 0.15) is 89.5 Å². The van der Waals surface area contributed by atoms with Crippen LogP contribution in [0.2, 0.25) is 0 Å². The van der Waals surface area contributed by atoms with Crippen LogP contribution in [0.4, 0.5) is 0 Å². The van der Waals surface area contributed by atoms with Gasteiger partial charge in [0.15, 0.2) is 0 Å². The maximum absolute atomic E-state index is 12.7. The molecule has 2 aliphatic heterocycles. The molecule has 1 saturated heterocycles. The van der Waals surface area contributed by atoms with Crippen molar-refractivity contribution in [3.8, 4) is 34.5 Å². The molecule has 0 saturated carbocycles. The lowest BCUT2D eigenvalue weighted by atomic mass is 10.1. The van der Waals surface area contributed by atoms with E-state index in [9.17, 15) is 28.8 Å². The molecule has 0 spiro atoms. The van der Waals surface area contributed by atoms with Crippen LogP contribution in [-0.2, 0) is 11.2 Å². The SMILES string of the molecule is O=Cc1ccc(OP2(Oc3ccc(C=O)cc3)=NP(Oc3ccc(C=O)cc3)(Oc3ccc(C=O)cc3)=NP(Oc3ccc(C=O)cc3)(Oc3ccc(CCNC(=O)CCCCC4CCSS4)cc3)=N2)cc1. The molecule has 8 rings (SSSR count). The lowest BCUT2D eigenvalue weighted by molar-refractivity contribution is -0.121. The largest absolute Gasteiger partial charge is 0.460 e. The van der Waals surface area contributed by atoms with Crippen LogP contribution in [0.15, 0.2) is 159 Å². The van der Waals surface area contributed by atoms with Crippen LogP contribution in [0.25, 0.3) is 0 Å². The molecular formula is C51H47N4O12P3S2. The highest BCUT2D eigenvalue weighted by atomic mass is 33.1. The van der Waals surface area contributed by atoms with E-state index in [1.807, 2.05) is 33.7 Å². The summed E-state index contributed by atoms with van der Waals surface area (Å²) in [6, 6.07) is 37.6. The monoisotopic (exact) mass is 1060 g/mol. The molecule has 72 heavy (non-hydrogen) atoms. The van der Waals surface area contributed by atoms with Crippen LogP contribution in [0.3, 0.4) is 0 Å². The average Bonchev–Trinajstić information content (AvgIpc) is 3.93. The fraction of sp³-hybridized carbons (Fsp3) is 0.176. The number of aldehydes is 5. The van der Waals surface area contributed by atoms with E-state index in [1.165, 1.54) is 134 Å². The molecule has 0 bridgehead atoms. The van der Waals surface area contributed by atoms with Gasteiger partial charge in [-0.1, -0.05) is 53.7 Å². The summed E-state index contributed by atoms with van der Waals surface area (Å²) in [6.45, 7) is 0.420. The van der Waals surface area contributed by atoms with Crippen molar-refractivity contribution in [1.29, 1.82) is 0 Å². The minimum absolute atomic E-state index is 0.00522. The molecule has 1 amide bonds. The second-order valence-corrected chi connectivity index (χ2v) is 25.0. The van der Waals surface area contributed by atoms with Crippen molar-refractivity contribution in [2.24, 2.45) is 13.5 Å². The van der Waals surface area contributed by atoms with Gasteiger partial charge in [0.25, 0.3) is 0 Å². The lowest BCUT2D eigenvalue weighted by Crippen LogP contribution is -2.25. The number of unbranched alkanes of at least 4 members (excludes halogenated alkanes) is 1. The van der Waals surface area contributed by atoms with Crippen molar-refractivity contribution in [2.45, 2.75) is 43.8 Å². The van der Waals surface area contributed by atoms with Gasteiger partial charge in [-0.2, -0.15) is 0 Å². The second kappa shape index (κ2) is 24.6. The van der Waals surface area contributed by atoms with Crippen LogP contribution in [-0.4, -0.2) is 54.9 Å². The highest BCUT2D eigenvalue weighted by molar-refractivity contribution is 8.77. The Labute approximate surface area is 424 Å². The first-order chi connectivity index (χ1) is 35.1. The topological polar surface area (TPSA) is 207 Å². The Bertz CT molecular complexity index is 2820. The van der Waals surface area contributed by atoms with E-state index >= 15 is 0 Å². The van der Waals surface area contributed by atoms with E-state index in [2.05, 4.69) is 5.32 Å². The summed E-state index contributed by atoms with van der Waals surface area (Å²) in [5.74, 6) is 2.14. The molecule has 2 heterocycles. The van der Waals surface area contributed by atoms with Crippen molar-refractivity contribution in [3.05, 3.63) is 179 Å². The third-order valence-corrected chi connectivity index (χ3v) is 21.8. The Morgan fingerprint density at radius 3 is 1.10 bits per heavy atom. The zero-order chi connectivity index (χ0) is 50.2. The Morgan fingerprint density at radius 2 is 0.806 bits per heavy atom. The Balaban J connectivity index is 1.25. The third kappa shape index (κ3) is 14.3. The molecule has 6 aromatic rings. The number of nitrogens with one attached hydrogen (secondary N) is 1. The predicted molar refractivity (Wildman–Crippen MR) is 281 cm³/mol. The van der Waals surface area contributed by atoms with Gasteiger partial charge in [-0.3, -0.25) is 28.8 Å². The predicted octanol–water partition coefficient (Wildman–Crippen LogP) is 13.7. The molecule has 2 aliphatic rings. The summed E-state index contributed by atoms with van der Waals surface area (Å²) in [7, 11) is -9.33. The van der Waals surface area contributed by atoms with Gasteiger partial charge in [-0.05, 0) is 165 Å². The van der Waals surface area contributed by atoms with Crippen molar-refractivity contribution in [2.75, 3.05) is 12.3 Å². The summed E-state index contributed by atoms with van der Waals surface area (Å²) >= 11 is 0. The minimum atomic E-state index is -4.40. The summed E-state index contributed by atoms with van der Waals surface area (Å²) in [6.07, 6.45) is 8.58. The van der Waals surface area contributed by atoms with Gasteiger partial charge < -0.3 is 32.5 Å². The summed E-state index contributed by atoms with van der Waals surface area (Å²) in [5.41, 5.74) is 2.63. The van der Waals surface area contributed by atoms with Gasteiger partial charge in [-0.15, -0.1) is 0 Å². The van der Waals surface area contributed by atoms with Crippen LogP contribution < -0.4 is 32.5 Å². The molecule has 16 nitrogen and oxygen atoms in total. The molecule has 370 valence electrons. The number of hydrogen-bond donors (Lipinski definition) is 1. The standard InChI is InChI=1S/C51H47N4O12P3S2/c56-33-39-7-19-45(20-8-39)63-68(62-44-17-5-38(6-18-44)29-31-52-51(61)4-2-1-3-50-30-32-71-72-50)53-69(64-46-21-9-40(34-57)10-22-46,65-47-23-11-41(35-58)12-24-47)55-70(54-68,66-48-25-13-42(36-59)14-26-48)67-49-27-15-43(37-60)16-28-49/h5-28,33-37,50H,1-4,29-32H2,(H,52,61). The van der Waals surface area contributed by atoms with Gasteiger partial charge in [0, 0.05) is 51.8 Å². The normalized spacial score (nSPS) is 17.2. The quantitative estimate of drug-likeness (QED) is 0.0245. The highest BCUT2D eigenvalue weighted by Gasteiger charge is 2.49. The first-order valence-electron chi connectivity index (χ1n) is 22.6. The molecule has 1 N–H and O–H groups in total. The Hall–Kier alpha value is -6.67. The summed E-state index contributed by atoms with van der Waals surface area (Å²) < 4.78 is 56.3.